The fraction of sp³-hybridized carbons (Fsp3) is 0.478. The molecule has 2 heterocycles. The Morgan fingerprint density at radius 3 is 2.78 bits per heavy atom. The maximum atomic E-state index is 13.2. The zero-order chi connectivity index (χ0) is 18.5. The molecular formula is C23H28N2OS. The van der Waals surface area contributed by atoms with Crippen LogP contribution in [0.2, 0.25) is 0 Å². The molecule has 2 aliphatic rings. The Kier molecular flexibility index (Phi) is 5.82. The summed E-state index contributed by atoms with van der Waals surface area (Å²) in [6.45, 7) is 1.53. The first-order valence-electron chi connectivity index (χ1n) is 10.1. The minimum atomic E-state index is 0.120. The summed E-state index contributed by atoms with van der Waals surface area (Å²) in [7, 11) is 0. The monoisotopic (exact) mass is 380 g/mol. The third-order valence-electron chi connectivity index (χ3n) is 6.12. The first-order valence-corrected chi connectivity index (χ1v) is 11.1. The number of pyridine rings is 1. The Morgan fingerprint density at radius 2 is 1.96 bits per heavy atom. The van der Waals surface area contributed by atoms with Crippen LogP contribution in [-0.4, -0.2) is 32.8 Å². The van der Waals surface area contributed by atoms with Crippen LogP contribution < -0.4 is 0 Å². The molecule has 0 N–H and O–H groups in total. The molecule has 1 aliphatic carbocycles. The van der Waals surface area contributed by atoms with Crippen molar-refractivity contribution in [1.29, 1.82) is 0 Å². The van der Waals surface area contributed by atoms with Crippen LogP contribution in [-0.2, 0) is 17.8 Å². The van der Waals surface area contributed by atoms with Crippen molar-refractivity contribution in [1.82, 2.24) is 9.88 Å². The van der Waals surface area contributed by atoms with E-state index in [0.29, 0.717) is 24.8 Å². The van der Waals surface area contributed by atoms with Gasteiger partial charge in [-0.2, -0.15) is 11.8 Å². The van der Waals surface area contributed by atoms with E-state index in [1.807, 2.05) is 17.2 Å². The normalized spacial score (nSPS) is 26.1. The standard InChI is InChI=1S/C23H28N2OS/c26-22-16-23(27-14-13-25(22)18-20-9-6-12-24-17-20)11-5-4-10-21(23)15-19-7-2-1-3-8-19/h1-3,6-9,12,17,21H,4-5,10-11,13-16,18H2. The number of thioether (sulfide) groups is 1. The number of hydrogen-bond acceptors (Lipinski definition) is 3. The Balaban J connectivity index is 1.50. The van der Waals surface area contributed by atoms with Gasteiger partial charge in [0.2, 0.25) is 5.91 Å². The van der Waals surface area contributed by atoms with Gasteiger partial charge < -0.3 is 4.90 Å². The minimum Gasteiger partial charge on any atom is -0.337 e. The molecule has 4 heteroatoms. The Morgan fingerprint density at radius 1 is 1.11 bits per heavy atom. The quantitative estimate of drug-likeness (QED) is 0.769. The largest absolute Gasteiger partial charge is 0.337 e. The van der Waals surface area contributed by atoms with Crippen LogP contribution in [0, 0.1) is 5.92 Å². The number of carbonyl (C=O) groups excluding carboxylic acids is 1. The lowest BCUT2D eigenvalue weighted by Gasteiger charge is -2.43. The van der Waals surface area contributed by atoms with E-state index in [9.17, 15) is 4.79 Å². The molecule has 1 aromatic heterocycles. The van der Waals surface area contributed by atoms with Crippen LogP contribution in [0.4, 0.5) is 0 Å². The molecule has 27 heavy (non-hydrogen) atoms. The highest BCUT2D eigenvalue weighted by molar-refractivity contribution is 8.00. The van der Waals surface area contributed by atoms with Crippen LogP contribution in [0.1, 0.15) is 43.2 Å². The Bertz CT molecular complexity index is 751. The van der Waals surface area contributed by atoms with E-state index in [0.717, 1.165) is 24.3 Å². The van der Waals surface area contributed by atoms with E-state index in [1.54, 1.807) is 6.20 Å². The molecule has 2 fully saturated rings. The van der Waals surface area contributed by atoms with E-state index in [4.69, 9.17) is 0 Å². The summed E-state index contributed by atoms with van der Waals surface area (Å²) >= 11 is 2.07. The predicted octanol–water partition coefficient (Wildman–Crippen LogP) is 4.72. The molecule has 3 nitrogen and oxygen atoms in total. The molecule has 1 aliphatic heterocycles. The zero-order valence-electron chi connectivity index (χ0n) is 15.8. The van der Waals surface area contributed by atoms with E-state index in [1.165, 1.54) is 31.2 Å². The molecule has 2 unspecified atom stereocenters. The summed E-state index contributed by atoms with van der Waals surface area (Å²) in [5, 5.41) is 0. The molecule has 1 saturated carbocycles. The van der Waals surface area contributed by atoms with Gasteiger partial charge in [0.05, 0.1) is 0 Å². The highest BCUT2D eigenvalue weighted by Gasteiger charge is 2.44. The lowest BCUT2D eigenvalue weighted by Crippen LogP contribution is -2.42. The average molecular weight is 381 g/mol. The summed E-state index contributed by atoms with van der Waals surface area (Å²) in [6.07, 6.45) is 10.4. The highest BCUT2D eigenvalue weighted by atomic mass is 32.2. The summed E-state index contributed by atoms with van der Waals surface area (Å²) in [6, 6.07) is 14.8. The molecule has 0 bridgehead atoms. The van der Waals surface area contributed by atoms with Gasteiger partial charge in [-0.05, 0) is 42.4 Å². The van der Waals surface area contributed by atoms with Gasteiger partial charge in [0.15, 0.2) is 0 Å². The average Bonchev–Trinajstić information content (AvgIpc) is 2.85. The molecule has 142 valence electrons. The topological polar surface area (TPSA) is 33.2 Å². The number of carbonyl (C=O) groups is 1. The number of amides is 1. The van der Waals surface area contributed by atoms with Crippen molar-refractivity contribution in [2.45, 2.75) is 49.8 Å². The van der Waals surface area contributed by atoms with E-state index in [2.05, 4.69) is 53.1 Å². The van der Waals surface area contributed by atoms with Gasteiger partial charge in [-0.1, -0.05) is 49.2 Å². The van der Waals surface area contributed by atoms with Gasteiger partial charge in [0.1, 0.15) is 0 Å². The number of rotatable bonds is 4. The fourth-order valence-electron chi connectivity index (χ4n) is 4.67. The SMILES string of the molecule is O=C1CC2(CCCCC2Cc2ccccc2)SCCN1Cc1cccnc1. The predicted molar refractivity (Wildman–Crippen MR) is 112 cm³/mol. The minimum absolute atomic E-state index is 0.120. The molecule has 2 atom stereocenters. The number of benzene rings is 1. The highest BCUT2D eigenvalue weighted by Crippen LogP contribution is 2.49. The summed E-state index contributed by atoms with van der Waals surface area (Å²) < 4.78 is 0.120. The van der Waals surface area contributed by atoms with Crippen LogP contribution in [0.3, 0.4) is 0 Å². The second-order valence-corrected chi connectivity index (χ2v) is 9.41. The number of hydrogen-bond donors (Lipinski definition) is 0. The van der Waals surface area contributed by atoms with Crippen molar-refractivity contribution < 1.29 is 4.79 Å². The van der Waals surface area contributed by atoms with Crippen molar-refractivity contribution in [3.8, 4) is 0 Å². The second-order valence-electron chi connectivity index (χ2n) is 7.90. The summed E-state index contributed by atoms with van der Waals surface area (Å²) in [5.74, 6) is 1.96. The molecule has 1 aromatic carbocycles. The molecule has 2 aromatic rings. The van der Waals surface area contributed by atoms with Gasteiger partial charge in [-0.3, -0.25) is 9.78 Å². The van der Waals surface area contributed by atoms with Gasteiger partial charge in [-0.15, -0.1) is 0 Å². The van der Waals surface area contributed by atoms with Crippen LogP contribution in [0.5, 0.6) is 0 Å². The van der Waals surface area contributed by atoms with Crippen molar-refractivity contribution in [2.75, 3.05) is 12.3 Å². The maximum absolute atomic E-state index is 13.2. The third-order valence-corrected chi connectivity index (χ3v) is 7.77. The lowest BCUT2D eigenvalue weighted by molar-refractivity contribution is -0.132. The third kappa shape index (κ3) is 4.37. The molecule has 4 rings (SSSR count). The maximum Gasteiger partial charge on any atom is 0.224 e. The van der Waals surface area contributed by atoms with Crippen LogP contribution >= 0.6 is 11.8 Å². The molecule has 0 radical (unpaired) electrons. The van der Waals surface area contributed by atoms with Crippen molar-refractivity contribution in [3.05, 3.63) is 66.0 Å². The number of nitrogens with zero attached hydrogens (tertiary/aromatic N) is 2. The zero-order valence-corrected chi connectivity index (χ0v) is 16.7. The van der Waals surface area contributed by atoms with E-state index < -0.39 is 0 Å². The van der Waals surface area contributed by atoms with Crippen LogP contribution in [0.15, 0.2) is 54.9 Å². The van der Waals surface area contributed by atoms with Crippen molar-refractivity contribution in [3.63, 3.8) is 0 Å². The smallest absolute Gasteiger partial charge is 0.224 e. The van der Waals surface area contributed by atoms with E-state index >= 15 is 0 Å². The lowest BCUT2D eigenvalue weighted by atomic mass is 9.73. The van der Waals surface area contributed by atoms with E-state index in [-0.39, 0.29) is 4.75 Å². The Labute approximate surface area is 166 Å². The summed E-state index contributed by atoms with van der Waals surface area (Å²) in [5.41, 5.74) is 2.53. The van der Waals surface area contributed by atoms with Crippen molar-refractivity contribution in [2.24, 2.45) is 5.92 Å². The van der Waals surface area contributed by atoms with Crippen LogP contribution in [0.25, 0.3) is 0 Å². The molecule has 1 spiro atoms. The molecule has 1 amide bonds. The summed E-state index contributed by atoms with van der Waals surface area (Å²) in [4.78, 5) is 19.4. The van der Waals surface area contributed by atoms with Gasteiger partial charge in [-0.25, -0.2) is 0 Å². The van der Waals surface area contributed by atoms with Gasteiger partial charge in [0.25, 0.3) is 0 Å². The first-order chi connectivity index (χ1) is 13.3. The molecule has 1 saturated heterocycles. The fourth-order valence-corrected chi connectivity index (χ4v) is 6.34. The molecular weight excluding hydrogens is 352 g/mol. The van der Waals surface area contributed by atoms with Crippen molar-refractivity contribution >= 4 is 17.7 Å². The first kappa shape index (κ1) is 18.5. The second kappa shape index (κ2) is 8.47. The number of aromatic nitrogens is 1. The Hall–Kier alpha value is -1.81. The van der Waals surface area contributed by atoms with Gasteiger partial charge in [0, 0.05) is 42.4 Å². The van der Waals surface area contributed by atoms with Gasteiger partial charge >= 0.3 is 0 Å².